The van der Waals surface area contributed by atoms with Crippen molar-refractivity contribution < 1.29 is 19.1 Å². The second-order valence-electron chi connectivity index (χ2n) is 4.34. The van der Waals surface area contributed by atoms with Crippen LogP contribution in [0, 0.1) is 11.3 Å². The number of imide groups is 1. The molecule has 0 aromatic heterocycles. The lowest BCUT2D eigenvalue weighted by atomic mass is 10.1. The van der Waals surface area contributed by atoms with Gasteiger partial charge in [0.1, 0.15) is 0 Å². The van der Waals surface area contributed by atoms with E-state index in [0.717, 1.165) is 11.8 Å². The van der Waals surface area contributed by atoms with Gasteiger partial charge in [-0.2, -0.15) is 5.26 Å². The van der Waals surface area contributed by atoms with E-state index in [1.54, 1.807) is 24.3 Å². The Morgan fingerprint density at radius 2 is 2.23 bits per heavy atom. The highest BCUT2D eigenvalue weighted by molar-refractivity contribution is 8.18. The van der Waals surface area contributed by atoms with Gasteiger partial charge in [-0.15, -0.1) is 0 Å². The zero-order valence-corrected chi connectivity index (χ0v) is 12.7. The summed E-state index contributed by atoms with van der Waals surface area (Å²) in [6.07, 6.45) is 2.59. The molecule has 6 nitrogen and oxygen atoms in total. The van der Waals surface area contributed by atoms with Crippen molar-refractivity contribution in [1.29, 1.82) is 5.26 Å². The molecular weight excluding hydrogens is 304 g/mol. The molecule has 1 aliphatic heterocycles. The normalized spacial score (nSPS) is 15.5. The number of carbonyl (C=O) groups is 2. The number of nitriles is 1. The molecule has 1 saturated heterocycles. The summed E-state index contributed by atoms with van der Waals surface area (Å²) in [5, 5.41) is 10.4. The van der Waals surface area contributed by atoms with Crippen LogP contribution in [0.1, 0.15) is 18.4 Å². The van der Waals surface area contributed by atoms with Gasteiger partial charge in [-0.25, -0.2) is 0 Å². The highest BCUT2D eigenvalue weighted by atomic mass is 32.2. The fourth-order valence-electron chi connectivity index (χ4n) is 1.85. The summed E-state index contributed by atoms with van der Waals surface area (Å²) < 4.78 is 10.9. The van der Waals surface area contributed by atoms with E-state index in [1.807, 2.05) is 6.07 Å². The van der Waals surface area contributed by atoms with Crippen molar-refractivity contribution >= 4 is 29.0 Å². The largest absolute Gasteiger partial charge is 0.493 e. The Kier molecular flexibility index (Phi) is 5.44. The lowest BCUT2D eigenvalue weighted by Crippen LogP contribution is -2.17. The number of nitrogens with one attached hydrogen (secondary N) is 1. The molecule has 114 valence electrons. The second kappa shape index (κ2) is 7.52. The third kappa shape index (κ3) is 3.80. The first-order chi connectivity index (χ1) is 10.7. The van der Waals surface area contributed by atoms with Gasteiger partial charge in [0.15, 0.2) is 11.5 Å². The molecule has 1 aliphatic rings. The Morgan fingerprint density at radius 1 is 1.41 bits per heavy atom. The van der Waals surface area contributed by atoms with Crippen LogP contribution in [0.2, 0.25) is 0 Å². The van der Waals surface area contributed by atoms with Crippen molar-refractivity contribution in [3.63, 3.8) is 0 Å². The molecule has 1 heterocycles. The quantitative estimate of drug-likeness (QED) is 0.641. The summed E-state index contributed by atoms with van der Waals surface area (Å²) >= 11 is 0.845. The molecule has 2 rings (SSSR count). The first-order valence-electron chi connectivity index (χ1n) is 6.57. The number of hydrogen-bond acceptors (Lipinski definition) is 6. The Hall–Kier alpha value is -2.46. The van der Waals surface area contributed by atoms with Crippen LogP contribution >= 0.6 is 11.8 Å². The van der Waals surface area contributed by atoms with Crippen LogP contribution in [0.3, 0.4) is 0 Å². The van der Waals surface area contributed by atoms with E-state index >= 15 is 0 Å². The van der Waals surface area contributed by atoms with E-state index in [4.69, 9.17) is 14.7 Å². The highest BCUT2D eigenvalue weighted by Gasteiger charge is 2.25. The van der Waals surface area contributed by atoms with Gasteiger partial charge in [0.25, 0.3) is 11.1 Å². The number of unbranched alkanes of at least 4 members (excludes halogenated alkanes) is 1. The molecule has 0 saturated carbocycles. The Balaban J connectivity index is 2.26. The van der Waals surface area contributed by atoms with Crippen LogP contribution < -0.4 is 14.8 Å². The van der Waals surface area contributed by atoms with Crippen molar-refractivity contribution in [3.05, 3.63) is 28.7 Å². The van der Waals surface area contributed by atoms with Gasteiger partial charge < -0.3 is 9.47 Å². The number of thioether (sulfide) groups is 1. The average Bonchev–Trinajstić information content (AvgIpc) is 2.82. The molecule has 0 aliphatic carbocycles. The predicted octanol–water partition coefficient (Wildman–Crippen LogP) is 2.70. The number of nitrogens with zero attached hydrogens (tertiary/aromatic N) is 1. The number of carbonyl (C=O) groups excluding carboxylic acids is 2. The van der Waals surface area contributed by atoms with Crippen molar-refractivity contribution in [1.82, 2.24) is 5.32 Å². The van der Waals surface area contributed by atoms with Gasteiger partial charge in [0.05, 0.1) is 24.7 Å². The maximum absolute atomic E-state index is 11.6. The zero-order valence-electron chi connectivity index (χ0n) is 11.9. The summed E-state index contributed by atoms with van der Waals surface area (Å²) in [5.41, 5.74) is 0.642. The standard InChI is InChI=1S/C15H14N2O4S/c1-20-11-6-4-5-10(13(11)21-8-3-2-7-16)9-12-14(18)17-15(19)22-12/h4-6,9H,2-3,8H2,1H3,(H,17,18,19). The van der Waals surface area contributed by atoms with E-state index in [-0.39, 0.29) is 0 Å². The van der Waals surface area contributed by atoms with Crippen LogP contribution in [-0.2, 0) is 4.79 Å². The van der Waals surface area contributed by atoms with E-state index < -0.39 is 11.1 Å². The van der Waals surface area contributed by atoms with Crippen LogP contribution in [0.15, 0.2) is 23.1 Å². The van der Waals surface area contributed by atoms with Gasteiger partial charge in [0.2, 0.25) is 0 Å². The van der Waals surface area contributed by atoms with Crippen LogP contribution in [-0.4, -0.2) is 24.9 Å². The minimum Gasteiger partial charge on any atom is -0.493 e. The van der Waals surface area contributed by atoms with Gasteiger partial charge in [-0.1, -0.05) is 12.1 Å². The molecule has 0 bridgehead atoms. The molecule has 22 heavy (non-hydrogen) atoms. The van der Waals surface area contributed by atoms with Crippen molar-refractivity contribution in [2.45, 2.75) is 12.8 Å². The average molecular weight is 318 g/mol. The molecule has 1 aromatic carbocycles. The summed E-state index contributed by atoms with van der Waals surface area (Å²) in [4.78, 5) is 23.1. The van der Waals surface area contributed by atoms with E-state index in [0.29, 0.717) is 41.4 Å². The van der Waals surface area contributed by atoms with Crippen molar-refractivity contribution in [2.75, 3.05) is 13.7 Å². The first kappa shape index (κ1) is 15.9. The molecule has 1 fully saturated rings. The highest BCUT2D eigenvalue weighted by Crippen LogP contribution is 2.35. The number of benzene rings is 1. The van der Waals surface area contributed by atoms with Gasteiger partial charge in [-0.05, 0) is 30.3 Å². The number of methoxy groups -OCH3 is 1. The minimum atomic E-state index is -0.423. The maximum atomic E-state index is 11.6. The second-order valence-corrected chi connectivity index (χ2v) is 5.36. The summed E-state index contributed by atoms with van der Waals surface area (Å²) in [5.74, 6) is 0.595. The van der Waals surface area contributed by atoms with Crippen LogP contribution in [0.25, 0.3) is 6.08 Å². The SMILES string of the molecule is COc1cccc(C=C2SC(=O)NC2=O)c1OCCCC#N. The molecule has 0 radical (unpaired) electrons. The molecule has 7 heteroatoms. The molecule has 2 amide bonds. The number of para-hydroxylation sites is 1. The van der Waals surface area contributed by atoms with Crippen LogP contribution in [0.5, 0.6) is 11.5 Å². The Morgan fingerprint density at radius 3 is 2.86 bits per heavy atom. The topological polar surface area (TPSA) is 88.4 Å². The molecule has 0 spiro atoms. The number of ether oxygens (including phenoxy) is 2. The third-order valence-corrected chi connectivity index (χ3v) is 3.65. The molecule has 1 N–H and O–H groups in total. The number of hydrogen-bond donors (Lipinski definition) is 1. The summed E-state index contributed by atoms with van der Waals surface area (Å²) in [6, 6.07) is 7.33. The zero-order chi connectivity index (χ0) is 15.9. The predicted molar refractivity (Wildman–Crippen MR) is 82.4 cm³/mol. The lowest BCUT2D eigenvalue weighted by Gasteiger charge is -2.13. The Bertz CT molecular complexity index is 664. The fraction of sp³-hybridized carbons (Fsp3) is 0.267. The molecule has 0 atom stereocenters. The molecule has 0 unspecified atom stereocenters. The smallest absolute Gasteiger partial charge is 0.290 e. The number of rotatable bonds is 6. The van der Waals surface area contributed by atoms with Crippen molar-refractivity contribution in [2.24, 2.45) is 0 Å². The van der Waals surface area contributed by atoms with Gasteiger partial charge in [-0.3, -0.25) is 14.9 Å². The third-order valence-electron chi connectivity index (χ3n) is 2.84. The lowest BCUT2D eigenvalue weighted by molar-refractivity contribution is -0.115. The summed E-state index contributed by atoms with van der Waals surface area (Å²) in [7, 11) is 1.52. The minimum absolute atomic E-state index is 0.306. The number of amides is 2. The fourth-order valence-corrected chi connectivity index (χ4v) is 2.52. The van der Waals surface area contributed by atoms with Crippen LogP contribution in [0.4, 0.5) is 4.79 Å². The maximum Gasteiger partial charge on any atom is 0.290 e. The monoisotopic (exact) mass is 318 g/mol. The Labute approximate surface area is 132 Å². The first-order valence-corrected chi connectivity index (χ1v) is 7.39. The van der Waals surface area contributed by atoms with E-state index in [1.165, 1.54) is 7.11 Å². The van der Waals surface area contributed by atoms with Crippen molar-refractivity contribution in [3.8, 4) is 17.6 Å². The van der Waals surface area contributed by atoms with E-state index in [2.05, 4.69) is 5.32 Å². The summed E-state index contributed by atoms with van der Waals surface area (Å²) in [6.45, 7) is 0.363. The van der Waals surface area contributed by atoms with E-state index in [9.17, 15) is 9.59 Å². The molecule has 1 aromatic rings. The molecular formula is C15H14N2O4S. The van der Waals surface area contributed by atoms with Gasteiger partial charge in [0, 0.05) is 12.0 Å². The van der Waals surface area contributed by atoms with Gasteiger partial charge >= 0.3 is 0 Å².